The third kappa shape index (κ3) is 2.54. The monoisotopic (exact) mass is 220 g/mol. The van der Waals surface area contributed by atoms with Gasteiger partial charge in [0.25, 0.3) is 0 Å². The van der Waals surface area contributed by atoms with Gasteiger partial charge in [-0.2, -0.15) is 0 Å². The molecule has 0 aromatic heterocycles. The van der Waals surface area contributed by atoms with E-state index in [0.29, 0.717) is 0 Å². The highest BCUT2D eigenvalue weighted by molar-refractivity contribution is 5.47. The Balaban J connectivity index is 2.11. The van der Waals surface area contributed by atoms with Crippen molar-refractivity contribution in [2.75, 3.05) is 25.0 Å². The number of rotatable bonds is 3. The third-order valence-electron chi connectivity index (χ3n) is 3.29. The van der Waals surface area contributed by atoms with Crippen molar-refractivity contribution in [1.29, 1.82) is 0 Å². The molecule has 0 atom stereocenters. The van der Waals surface area contributed by atoms with Gasteiger partial charge >= 0.3 is 0 Å². The lowest BCUT2D eigenvalue weighted by molar-refractivity contribution is 0.179. The number of hydrogen-bond donors (Lipinski definition) is 3. The molecule has 1 heterocycles. The van der Waals surface area contributed by atoms with Gasteiger partial charge in [0.05, 0.1) is 12.1 Å². The maximum Gasteiger partial charge on any atom is 0.0662 e. The smallest absolute Gasteiger partial charge is 0.0662 e. The van der Waals surface area contributed by atoms with E-state index in [1.165, 1.54) is 5.56 Å². The first-order valence-corrected chi connectivity index (χ1v) is 5.91. The highest BCUT2D eigenvalue weighted by Gasteiger charge is 2.30. The molecule has 3 nitrogen and oxygen atoms in total. The molecule has 0 radical (unpaired) electrons. The number of benzene rings is 1. The molecule has 1 aromatic carbocycles. The predicted octanol–water partition coefficient (Wildman–Crippen LogP) is 1.52. The Morgan fingerprint density at radius 1 is 1.38 bits per heavy atom. The average molecular weight is 220 g/mol. The van der Waals surface area contributed by atoms with Gasteiger partial charge in [0.15, 0.2) is 0 Å². The van der Waals surface area contributed by atoms with E-state index >= 15 is 0 Å². The molecule has 0 aliphatic carbocycles. The van der Waals surface area contributed by atoms with Gasteiger partial charge in [-0.1, -0.05) is 12.1 Å². The van der Waals surface area contributed by atoms with E-state index in [1.807, 2.05) is 6.07 Å². The summed E-state index contributed by atoms with van der Waals surface area (Å²) < 4.78 is 0. The molecule has 0 saturated carbocycles. The zero-order valence-corrected chi connectivity index (χ0v) is 9.79. The molecular weight excluding hydrogens is 200 g/mol. The van der Waals surface area contributed by atoms with Crippen LogP contribution >= 0.6 is 0 Å². The molecule has 1 fully saturated rings. The van der Waals surface area contributed by atoms with Crippen LogP contribution in [-0.2, 0) is 0 Å². The van der Waals surface area contributed by atoms with Crippen LogP contribution in [0.1, 0.15) is 18.4 Å². The second-order valence-electron chi connectivity index (χ2n) is 4.68. The van der Waals surface area contributed by atoms with Crippen LogP contribution in [0, 0.1) is 6.92 Å². The van der Waals surface area contributed by atoms with Gasteiger partial charge in [-0.25, -0.2) is 0 Å². The quantitative estimate of drug-likeness (QED) is 0.723. The molecule has 0 bridgehead atoms. The lowest BCUT2D eigenvalue weighted by Crippen LogP contribution is -2.50. The van der Waals surface area contributed by atoms with E-state index in [-0.39, 0.29) is 12.1 Å². The summed E-state index contributed by atoms with van der Waals surface area (Å²) in [5.41, 5.74) is 2.21. The molecule has 2 rings (SSSR count). The Hall–Kier alpha value is -1.06. The molecule has 3 heteroatoms. The molecule has 1 aliphatic heterocycles. The fourth-order valence-electron chi connectivity index (χ4n) is 2.26. The van der Waals surface area contributed by atoms with Crippen molar-refractivity contribution in [1.82, 2.24) is 5.32 Å². The van der Waals surface area contributed by atoms with Gasteiger partial charge in [0.1, 0.15) is 0 Å². The van der Waals surface area contributed by atoms with E-state index in [0.717, 1.165) is 31.6 Å². The third-order valence-corrected chi connectivity index (χ3v) is 3.29. The summed E-state index contributed by atoms with van der Waals surface area (Å²) in [6.07, 6.45) is 1.94. The van der Waals surface area contributed by atoms with Crippen molar-refractivity contribution in [3.63, 3.8) is 0 Å². The molecule has 1 aliphatic rings. The van der Waals surface area contributed by atoms with Crippen LogP contribution in [0.25, 0.3) is 0 Å². The summed E-state index contributed by atoms with van der Waals surface area (Å²) >= 11 is 0. The first-order valence-electron chi connectivity index (χ1n) is 5.91. The fourth-order valence-corrected chi connectivity index (χ4v) is 2.26. The van der Waals surface area contributed by atoms with E-state index in [1.54, 1.807) is 0 Å². The zero-order valence-electron chi connectivity index (χ0n) is 9.79. The minimum absolute atomic E-state index is 0.140. The molecule has 0 amide bonds. The van der Waals surface area contributed by atoms with Gasteiger partial charge in [0.2, 0.25) is 0 Å². The summed E-state index contributed by atoms with van der Waals surface area (Å²) in [6.45, 7) is 4.22. The highest BCUT2D eigenvalue weighted by Crippen LogP contribution is 2.24. The van der Waals surface area contributed by atoms with Crippen LogP contribution in [0.3, 0.4) is 0 Å². The topological polar surface area (TPSA) is 44.3 Å². The molecule has 1 aromatic rings. The van der Waals surface area contributed by atoms with E-state index in [2.05, 4.69) is 35.8 Å². The minimum atomic E-state index is -0.140. The van der Waals surface area contributed by atoms with Crippen molar-refractivity contribution >= 4 is 5.69 Å². The van der Waals surface area contributed by atoms with Gasteiger partial charge in [-0.3, -0.25) is 0 Å². The van der Waals surface area contributed by atoms with Gasteiger partial charge in [-0.15, -0.1) is 0 Å². The molecule has 1 saturated heterocycles. The van der Waals surface area contributed by atoms with E-state index in [9.17, 15) is 5.11 Å². The zero-order chi connectivity index (χ0) is 11.4. The summed E-state index contributed by atoms with van der Waals surface area (Å²) in [6, 6.07) is 8.31. The van der Waals surface area contributed by atoms with Crippen LogP contribution in [-0.4, -0.2) is 30.3 Å². The maximum atomic E-state index is 9.58. The molecule has 16 heavy (non-hydrogen) atoms. The largest absolute Gasteiger partial charge is 0.394 e. The van der Waals surface area contributed by atoms with Crippen LogP contribution in [0.2, 0.25) is 0 Å². The van der Waals surface area contributed by atoms with Gasteiger partial charge < -0.3 is 15.7 Å². The number of piperidine rings is 1. The second-order valence-corrected chi connectivity index (χ2v) is 4.68. The Morgan fingerprint density at radius 3 is 2.75 bits per heavy atom. The molecule has 0 spiro atoms. The summed E-state index contributed by atoms with van der Waals surface area (Å²) in [7, 11) is 0. The SMILES string of the molecule is Cc1cccc(NC2(CO)CCNCC2)c1. The lowest BCUT2D eigenvalue weighted by atomic mass is 9.89. The van der Waals surface area contributed by atoms with Gasteiger partial charge in [-0.05, 0) is 50.6 Å². The summed E-state index contributed by atoms with van der Waals surface area (Å²) in [5, 5.41) is 16.4. The Labute approximate surface area is 96.9 Å². The normalized spacial score (nSPS) is 19.4. The Bertz CT molecular complexity index is 346. The van der Waals surface area contributed by atoms with E-state index in [4.69, 9.17) is 0 Å². The van der Waals surface area contributed by atoms with E-state index < -0.39 is 0 Å². The number of anilines is 1. The standard InChI is InChI=1S/C13H20N2O/c1-11-3-2-4-12(9-11)15-13(10-16)5-7-14-8-6-13/h2-4,9,14-16H,5-8,10H2,1H3. The minimum Gasteiger partial charge on any atom is -0.394 e. The van der Waals surface area contributed by atoms with Gasteiger partial charge in [0, 0.05) is 5.69 Å². The van der Waals surface area contributed by atoms with Crippen molar-refractivity contribution in [3.05, 3.63) is 29.8 Å². The Morgan fingerprint density at radius 2 is 2.12 bits per heavy atom. The van der Waals surface area contributed by atoms with Crippen LogP contribution < -0.4 is 10.6 Å². The molecule has 88 valence electrons. The predicted molar refractivity (Wildman–Crippen MR) is 66.7 cm³/mol. The first kappa shape index (κ1) is 11.4. The number of hydrogen-bond acceptors (Lipinski definition) is 3. The Kier molecular flexibility index (Phi) is 3.46. The van der Waals surface area contributed by atoms with Crippen molar-refractivity contribution in [3.8, 4) is 0 Å². The molecule has 0 unspecified atom stereocenters. The second kappa shape index (κ2) is 4.85. The van der Waals surface area contributed by atoms with Crippen molar-refractivity contribution < 1.29 is 5.11 Å². The first-order chi connectivity index (χ1) is 7.74. The maximum absolute atomic E-state index is 9.58. The summed E-state index contributed by atoms with van der Waals surface area (Å²) in [4.78, 5) is 0. The van der Waals surface area contributed by atoms with Crippen LogP contribution in [0.4, 0.5) is 5.69 Å². The lowest BCUT2D eigenvalue weighted by Gasteiger charge is -2.37. The molecule has 3 N–H and O–H groups in total. The highest BCUT2D eigenvalue weighted by atomic mass is 16.3. The summed E-state index contributed by atoms with van der Waals surface area (Å²) in [5.74, 6) is 0. The van der Waals surface area contributed by atoms with Crippen molar-refractivity contribution in [2.24, 2.45) is 0 Å². The number of nitrogens with one attached hydrogen (secondary N) is 2. The fraction of sp³-hybridized carbons (Fsp3) is 0.538. The number of aryl methyl sites for hydroxylation is 1. The average Bonchev–Trinajstić information content (AvgIpc) is 2.30. The number of aliphatic hydroxyl groups excluding tert-OH is 1. The molecular formula is C13H20N2O. The number of aliphatic hydroxyl groups is 1. The van der Waals surface area contributed by atoms with Crippen molar-refractivity contribution in [2.45, 2.75) is 25.3 Å². The van der Waals surface area contributed by atoms with Crippen LogP contribution in [0.15, 0.2) is 24.3 Å². The van der Waals surface area contributed by atoms with Crippen LogP contribution in [0.5, 0.6) is 0 Å².